The Hall–Kier alpha value is -2.05. The first-order valence-corrected chi connectivity index (χ1v) is 8.93. The van der Waals surface area contributed by atoms with Gasteiger partial charge >= 0.3 is 0 Å². The molecule has 1 aromatic rings. The molecule has 0 atom stereocenters. The Morgan fingerprint density at radius 2 is 2.08 bits per heavy atom. The van der Waals surface area contributed by atoms with Gasteiger partial charge in [-0.3, -0.25) is 4.79 Å². The summed E-state index contributed by atoms with van der Waals surface area (Å²) in [6.07, 6.45) is 4.27. The first-order valence-electron chi connectivity index (χ1n) is 8.93. The summed E-state index contributed by atoms with van der Waals surface area (Å²) in [6.45, 7) is 7.64. The lowest BCUT2D eigenvalue weighted by atomic mass is 9.99. The molecule has 0 aliphatic heterocycles. The SMILES string of the molecule is CCNC(=NCC(=O)NC1CC1)NCc1cc(C(CC)CC)no1. The highest BCUT2D eigenvalue weighted by atomic mass is 16.5. The van der Waals surface area contributed by atoms with Gasteiger partial charge in [0.05, 0.1) is 12.2 Å². The average molecular weight is 335 g/mol. The summed E-state index contributed by atoms with van der Waals surface area (Å²) in [6, 6.07) is 2.36. The minimum Gasteiger partial charge on any atom is -0.359 e. The zero-order valence-electron chi connectivity index (χ0n) is 14.9. The van der Waals surface area contributed by atoms with Crippen LogP contribution in [0.3, 0.4) is 0 Å². The number of carbonyl (C=O) groups is 1. The van der Waals surface area contributed by atoms with Crippen molar-refractivity contribution in [3.63, 3.8) is 0 Å². The normalized spacial score (nSPS) is 14.8. The van der Waals surface area contributed by atoms with Crippen LogP contribution in [-0.2, 0) is 11.3 Å². The third-order valence-electron chi connectivity index (χ3n) is 4.08. The van der Waals surface area contributed by atoms with Gasteiger partial charge in [0.1, 0.15) is 6.54 Å². The minimum atomic E-state index is -0.0367. The molecule has 1 aromatic heterocycles. The van der Waals surface area contributed by atoms with E-state index in [0.717, 1.165) is 43.7 Å². The number of nitrogens with one attached hydrogen (secondary N) is 3. The first kappa shape index (κ1) is 18.3. The monoisotopic (exact) mass is 335 g/mol. The van der Waals surface area contributed by atoms with Crippen LogP contribution in [0.25, 0.3) is 0 Å². The molecule has 1 aliphatic carbocycles. The zero-order valence-corrected chi connectivity index (χ0v) is 14.9. The van der Waals surface area contributed by atoms with Gasteiger partial charge in [0, 0.05) is 24.6 Å². The summed E-state index contributed by atoms with van der Waals surface area (Å²) in [5, 5.41) is 13.4. The fourth-order valence-electron chi connectivity index (χ4n) is 2.48. The molecule has 2 rings (SSSR count). The number of hydrogen-bond acceptors (Lipinski definition) is 4. The van der Waals surface area contributed by atoms with Gasteiger partial charge in [0.15, 0.2) is 11.7 Å². The van der Waals surface area contributed by atoms with Crippen LogP contribution in [-0.4, -0.2) is 36.2 Å². The predicted octanol–water partition coefficient (Wildman–Crippen LogP) is 1.91. The molecular weight excluding hydrogens is 306 g/mol. The van der Waals surface area contributed by atoms with Crippen LogP contribution in [0.15, 0.2) is 15.6 Å². The second-order valence-electron chi connectivity index (χ2n) is 6.12. The largest absolute Gasteiger partial charge is 0.359 e. The van der Waals surface area contributed by atoms with Crippen molar-refractivity contribution in [3.8, 4) is 0 Å². The highest BCUT2D eigenvalue weighted by molar-refractivity contribution is 5.85. The van der Waals surface area contributed by atoms with Crippen molar-refractivity contribution in [2.24, 2.45) is 4.99 Å². The Bertz CT molecular complexity index is 547. The van der Waals surface area contributed by atoms with E-state index in [1.54, 1.807) is 0 Å². The predicted molar refractivity (Wildman–Crippen MR) is 93.8 cm³/mol. The molecule has 0 unspecified atom stereocenters. The van der Waals surface area contributed by atoms with Crippen LogP contribution in [0.5, 0.6) is 0 Å². The number of guanidine groups is 1. The molecule has 0 radical (unpaired) electrons. The number of nitrogens with zero attached hydrogens (tertiary/aromatic N) is 2. The molecule has 0 spiro atoms. The van der Waals surface area contributed by atoms with E-state index in [2.05, 4.69) is 39.9 Å². The zero-order chi connectivity index (χ0) is 17.4. The van der Waals surface area contributed by atoms with Crippen molar-refractivity contribution in [2.75, 3.05) is 13.1 Å². The van der Waals surface area contributed by atoms with Crippen molar-refractivity contribution in [2.45, 2.75) is 65.0 Å². The summed E-state index contributed by atoms with van der Waals surface area (Å²) in [5.41, 5.74) is 1.00. The van der Waals surface area contributed by atoms with E-state index in [-0.39, 0.29) is 12.5 Å². The fourth-order valence-corrected chi connectivity index (χ4v) is 2.48. The third-order valence-corrected chi connectivity index (χ3v) is 4.08. The van der Waals surface area contributed by atoms with Gasteiger partial charge in [-0.05, 0) is 32.6 Å². The number of hydrogen-bond donors (Lipinski definition) is 3. The van der Waals surface area contributed by atoms with Gasteiger partial charge in [-0.15, -0.1) is 0 Å². The van der Waals surface area contributed by atoms with Gasteiger partial charge in [-0.25, -0.2) is 4.99 Å². The van der Waals surface area contributed by atoms with Gasteiger partial charge < -0.3 is 20.5 Å². The van der Waals surface area contributed by atoms with E-state index in [4.69, 9.17) is 4.52 Å². The summed E-state index contributed by atoms with van der Waals surface area (Å²) in [4.78, 5) is 16.0. The molecule has 24 heavy (non-hydrogen) atoms. The number of amides is 1. The Morgan fingerprint density at radius 1 is 1.33 bits per heavy atom. The summed E-state index contributed by atoms with van der Waals surface area (Å²) >= 11 is 0. The molecule has 0 aromatic carbocycles. The molecular formula is C17H29N5O2. The van der Waals surface area contributed by atoms with E-state index in [0.29, 0.717) is 24.5 Å². The molecule has 3 N–H and O–H groups in total. The van der Waals surface area contributed by atoms with Crippen LogP contribution < -0.4 is 16.0 Å². The van der Waals surface area contributed by atoms with Crippen LogP contribution in [0.2, 0.25) is 0 Å². The Labute approximate surface area is 143 Å². The number of carbonyl (C=O) groups excluding carboxylic acids is 1. The molecule has 7 nitrogen and oxygen atoms in total. The van der Waals surface area contributed by atoms with Crippen molar-refractivity contribution < 1.29 is 9.32 Å². The smallest absolute Gasteiger partial charge is 0.242 e. The molecule has 0 bridgehead atoms. The highest BCUT2D eigenvalue weighted by Crippen LogP contribution is 2.22. The van der Waals surface area contributed by atoms with Gasteiger partial charge in [0.25, 0.3) is 0 Å². The fraction of sp³-hybridized carbons (Fsp3) is 0.706. The number of aromatic nitrogens is 1. The van der Waals surface area contributed by atoms with Gasteiger partial charge in [0.2, 0.25) is 5.91 Å². The van der Waals surface area contributed by atoms with Crippen molar-refractivity contribution >= 4 is 11.9 Å². The van der Waals surface area contributed by atoms with Crippen LogP contribution in [0.4, 0.5) is 0 Å². The molecule has 1 aliphatic rings. The maximum atomic E-state index is 11.7. The van der Waals surface area contributed by atoms with Crippen LogP contribution in [0.1, 0.15) is 63.8 Å². The Kier molecular flexibility index (Phi) is 7.08. The van der Waals surface area contributed by atoms with E-state index in [1.165, 1.54) is 0 Å². The average Bonchev–Trinajstić information content (AvgIpc) is 3.26. The second-order valence-corrected chi connectivity index (χ2v) is 6.12. The van der Waals surface area contributed by atoms with E-state index in [1.807, 2.05) is 13.0 Å². The summed E-state index contributed by atoms with van der Waals surface area (Å²) in [5.74, 6) is 1.77. The molecule has 1 heterocycles. The van der Waals surface area contributed by atoms with E-state index >= 15 is 0 Å². The lowest BCUT2D eigenvalue weighted by Gasteiger charge is -2.09. The van der Waals surface area contributed by atoms with Gasteiger partial charge in [-0.1, -0.05) is 19.0 Å². The molecule has 1 amide bonds. The summed E-state index contributed by atoms with van der Waals surface area (Å²) in [7, 11) is 0. The maximum absolute atomic E-state index is 11.7. The molecule has 1 fully saturated rings. The van der Waals surface area contributed by atoms with Crippen LogP contribution >= 0.6 is 0 Å². The maximum Gasteiger partial charge on any atom is 0.242 e. The first-order chi connectivity index (χ1) is 11.7. The highest BCUT2D eigenvalue weighted by Gasteiger charge is 2.22. The quantitative estimate of drug-likeness (QED) is 0.474. The lowest BCUT2D eigenvalue weighted by Crippen LogP contribution is -2.38. The minimum absolute atomic E-state index is 0.0367. The molecule has 1 saturated carbocycles. The Balaban J connectivity index is 1.84. The summed E-state index contributed by atoms with van der Waals surface area (Å²) < 4.78 is 5.39. The van der Waals surface area contributed by atoms with Crippen molar-refractivity contribution in [1.82, 2.24) is 21.1 Å². The van der Waals surface area contributed by atoms with Crippen molar-refractivity contribution in [1.29, 1.82) is 0 Å². The van der Waals surface area contributed by atoms with Gasteiger partial charge in [-0.2, -0.15) is 0 Å². The second kappa shape index (κ2) is 9.30. The van der Waals surface area contributed by atoms with Crippen LogP contribution in [0, 0.1) is 0 Å². The molecule has 0 saturated heterocycles. The topological polar surface area (TPSA) is 91.5 Å². The van der Waals surface area contributed by atoms with E-state index < -0.39 is 0 Å². The Morgan fingerprint density at radius 3 is 2.71 bits per heavy atom. The lowest BCUT2D eigenvalue weighted by molar-refractivity contribution is -0.119. The standard InChI is InChI=1S/C17H29N5O2/c1-4-12(5-2)15-9-14(24-22-15)10-19-17(18-6-3)20-11-16(23)21-13-7-8-13/h9,12-13H,4-8,10-11H2,1-3H3,(H,21,23)(H2,18,19,20). The molecule has 7 heteroatoms. The molecule has 134 valence electrons. The van der Waals surface area contributed by atoms with Crippen molar-refractivity contribution in [3.05, 3.63) is 17.5 Å². The third kappa shape index (κ3) is 5.86. The number of aliphatic imine (C=N–C) groups is 1. The van der Waals surface area contributed by atoms with E-state index in [9.17, 15) is 4.79 Å². The number of rotatable bonds is 9.